The summed E-state index contributed by atoms with van der Waals surface area (Å²) in [4.78, 5) is 13.9. The highest BCUT2D eigenvalue weighted by molar-refractivity contribution is 5.93. The average molecular weight is 223 g/mol. The number of piperidine rings is 1. The molecular weight excluding hydrogens is 206 g/mol. The summed E-state index contributed by atoms with van der Waals surface area (Å²) >= 11 is 0. The lowest BCUT2D eigenvalue weighted by atomic mass is 9.95. The highest BCUT2D eigenvalue weighted by Crippen LogP contribution is 2.20. The number of aliphatic hydroxyl groups is 1. The summed E-state index contributed by atoms with van der Waals surface area (Å²) in [6, 6.07) is 1.69. The fourth-order valence-corrected chi connectivity index (χ4v) is 2.24. The van der Waals surface area contributed by atoms with Gasteiger partial charge in [0.1, 0.15) is 6.26 Å². The topological polar surface area (TPSA) is 53.7 Å². The van der Waals surface area contributed by atoms with Crippen LogP contribution in [0.3, 0.4) is 0 Å². The van der Waals surface area contributed by atoms with Crippen molar-refractivity contribution in [2.24, 2.45) is 5.92 Å². The van der Waals surface area contributed by atoms with E-state index < -0.39 is 0 Å². The molecule has 16 heavy (non-hydrogen) atoms. The molecule has 2 rings (SSSR count). The summed E-state index contributed by atoms with van der Waals surface area (Å²) in [5.74, 6) is 0.478. The predicted octanol–water partition coefficient (Wildman–Crippen LogP) is 1.51. The van der Waals surface area contributed by atoms with Crippen molar-refractivity contribution in [2.75, 3.05) is 19.7 Å². The first-order valence-corrected chi connectivity index (χ1v) is 5.73. The minimum atomic E-state index is 0.0383. The van der Waals surface area contributed by atoms with E-state index in [0.29, 0.717) is 11.5 Å². The van der Waals surface area contributed by atoms with Crippen LogP contribution < -0.4 is 0 Å². The van der Waals surface area contributed by atoms with E-state index in [1.54, 1.807) is 6.07 Å². The molecule has 0 spiro atoms. The van der Waals surface area contributed by atoms with Gasteiger partial charge in [0, 0.05) is 19.7 Å². The zero-order chi connectivity index (χ0) is 11.4. The molecule has 4 heteroatoms. The Morgan fingerprint density at radius 3 is 3.19 bits per heavy atom. The summed E-state index contributed by atoms with van der Waals surface area (Å²) in [5.41, 5.74) is 0.615. The van der Waals surface area contributed by atoms with Gasteiger partial charge >= 0.3 is 0 Å². The standard InChI is InChI=1S/C12H17NO3/c14-6-3-10-2-1-5-13(8-10)12(15)11-4-7-16-9-11/h4,7,9-10,14H,1-3,5-6,8H2. The molecule has 0 aliphatic carbocycles. The van der Waals surface area contributed by atoms with Crippen molar-refractivity contribution < 1.29 is 14.3 Å². The van der Waals surface area contributed by atoms with Gasteiger partial charge < -0.3 is 14.4 Å². The minimum Gasteiger partial charge on any atom is -0.472 e. The molecule has 88 valence electrons. The third kappa shape index (κ3) is 2.44. The lowest BCUT2D eigenvalue weighted by molar-refractivity contribution is 0.0653. The number of rotatable bonds is 3. The van der Waals surface area contributed by atoms with Crippen LogP contribution in [0.4, 0.5) is 0 Å². The fraction of sp³-hybridized carbons (Fsp3) is 0.583. The molecule has 4 nitrogen and oxygen atoms in total. The smallest absolute Gasteiger partial charge is 0.257 e. The second-order valence-corrected chi connectivity index (χ2v) is 4.28. The Kier molecular flexibility index (Phi) is 3.62. The molecule has 2 heterocycles. The summed E-state index contributed by atoms with van der Waals surface area (Å²) in [6.07, 6.45) is 5.92. The molecule has 1 amide bonds. The molecule has 1 aliphatic heterocycles. The van der Waals surface area contributed by atoms with Gasteiger partial charge in [0.25, 0.3) is 5.91 Å². The van der Waals surface area contributed by atoms with E-state index in [9.17, 15) is 4.79 Å². The van der Waals surface area contributed by atoms with Gasteiger partial charge in [-0.15, -0.1) is 0 Å². The van der Waals surface area contributed by atoms with E-state index in [-0.39, 0.29) is 12.5 Å². The number of carbonyl (C=O) groups is 1. The molecular formula is C12H17NO3. The Labute approximate surface area is 94.9 Å². The number of nitrogens with zero attached hydrogens (tertiary/aromatic N) is 1. The Morgan fingerprint density at radius 1 is 1.62 bits per heavy atom. The summed E-state index contributed by atoms with van der Waals surface area (Å²) in [7, 11) is 0. The van der Waals surface area contributed by atoms with Crippen LogP contribution in [-0.2, 0) is 0 Å². The molecule has 1 atom stereocenters. The molecule has 1 aromatic heterocycles. The van der Waals surface area contributed by atoms with Crippen molar-refractivity contribution in [3.63, 3.8) is 0 Å². The Morgan fingerprint density at radius 2 is 2.50 bits per heavy atom. The SMILES string of the molecule is O=C(c1ccoc1)N1CCCC(CCO)C1. The summed E-state index contributed by atoms with van der Waals surface area (Å²) in [6.45, 7) is 1.77. The second-order valence-electron chi connectivity index (χ2n) is 4.28. The Balaban J connectivity index is 1.96. The third-order valence-corrected chi connectivity index (χ3v) is 3.11. The van der Waals surface area contributed by atoms with Gasteiger partial charge in [0.05, 0.1) is 11.8 Å². The number of amides is 1. The number of furan rings is 1. The largest absolute Gasteiger partial charge is 0.472 e. The number of aliphatic hydroxyl groups excluding tert-OH is 1. The van der Waals surface area contributed by atoms with Gasteiger partial charge in [-0.3, -0.25) is 4.79 Å². The first kappa shape index (κ1) is 11.2. The molecule has 0 saturated carbocycles. The van der Waals surface area contributed by atoms with E-state index in [1.807, 2.05) is 4.90 Å². The quantitative estimate of drug-likeness (QED) is 0.845. The lowest BCUT2D eigenvalue weighted by Gasteiger charge is -2.32. The molecule has 1 N–H and O–H groups in total. The van der Waals surface area contributed by atoms with Crippen molar-refractivity contribution in [1.29, 1.82) is 0 Å². The van der Waals surface area contributed by atoms with Crippen LogP contribution in [0.25, 0.3) is 0 Å². The van der Waals surface area contributed by atoms with E-state index >= 15 is 0 Å². The van der Waals surface area contributed by atoms with Crippen LogP contribution in [-0.4, -0.2) is 35.6 Å². The van der Waals surface area contributed by atoms with Crippen LogP contribution >= 0.6 is 0 Å². The zero-order valence-corrected chi connectivity index (χ0v) is 9.26. The van der Waals surface area contributed by atoms with Gasteiger partial charge in [-0.05, 0) is 31.2 Å². The average Bonchev–Trinajstić information content (AvgIpc) is 2.82. The second kappa shape index (κ2) is 5.16. The van der Waals surface area contributed by atoms with Crippen LogP contribution in [0.15, 0.2) is 23.0 Å². The van der Waals surface area contributed by atoms with E-state index in [2.05, 4.69) is 0 Å². The molecule has 0 aromatic carbocycles. The molecule has 0 bridgehead atoms. The third-order valence-electron chi connectivity index (χ3n) is 3.11. The first-order chi connectivity index (χ1) is 7.81. The van der Waals surface area contributed by atoms with Crippen LogP contribution in [0.1, 0.15) is 29.6 Å². The molecule has 1 saturated heterocycles. The molecule has 1 fully saturated rings. The van der Waals surface area contributed by atoms with Crippen LogP contribution in [0.5, 0.6) is 0 Å². The van der Waals surface area contributed by atoms with Crippen molar-refractivity contribution in [2.45, 2.75) is 19.3 Å². The van der Waals surface area contributed by atoms with Crippen molar-refractivity contribution in [3.05, 3.63) is 24.2 Å². The monoisotopic (exact) mass is 223 g/mol. The van der Waals surface area contributed by atoms with E-state index in [4.69, 9.17) is 9.52 Å². The fourth-order valence-electron chi connectivity index (χ4n) is 2.24. The summed E-state index contributed by atoms with van der Waals surface area (Å²) < 4.78 is 4.91. The predicted molar refractivity (Wildman–Crippen MR) is 59.0 cm³/mol. The number of hydrogen-bond donors (Lipinski definition) is 1. The van der Waals surface area contributed by atoms with Crippen LogP contribution in [0, 0.1) is 5.92 Å². The van der Waals surface area contributed by atoms with Crippen molar-refractivity contribution in [3.8, 4) is 0 Å². The minimum absolute atomic E-state index is 0.0383. The van der Waals surface area contributed by atoms with Gasteiger partial charge in [-0.1, -0.05) is 0 Å². The van der Waals surface area contributed by atoms with Gasteiger partial charge in [0.15, 0.2) is 0 Å². The number of carbonyl (C=O) groups excluding carboxylic acids is 1. The molecule has 0 radical (unpaired) electrons. The molecule has 1 aliphatic rings. The van der Waals surface area contributed by atoms with Crippen LogP contribution in [0.2, 0.25) is 0 Å². The normalized spacial score (nSPS) is 21.1. The lowest BCUT2D eigenvalue weighted by Crippen LogP contribution is -2.40. The Bertz CT molecular complexity index is 332. The van der Waals surface area contributed by atoms with Crippen molar-refractivity contribution >= 4 is 5.91 Å². The highest BCUT2D eigenvalue weighted by Gasteiger charge is 2.24. The number of hydrogen-bond acceptors (Lipinski definition) is 3. The zero-order valence-electron chi connectivity index (χ0n) is 9.26. The maximum atomic E-state index is 12.0. The van der Waals surface area contributed by atoms with Crippen molar-refractivity contribution in [1.82, 2.24) is 4.90 Å². The number of likely N-dealkylation sites (tertiary alicyclic amines) is 1. The highest BCUT2D eigenvalue weighted by atomic mass is 16.3. The van der Waals surface area contributed by atoms with Gasteiger partial charge in [-0.25, -0.2) is 0 Å². The van der Waals surface area contributed by atoms with Gasteiger partial charge in [-0.2, -0.15) is 0 Å². The summed E-state index contributed by atoms with van der Waals surface area (Å²) in [5, 5.41) is 8.91. The maximum absolute atomic E-state index is 12.0. The van der Waals surface area contributed by atoms with E-state index in [1.165, 1.54) is 12.5 Å². The first-order valence-electron chi connectivity index (χ1n) is 5.73. The van der Waals surface area contributed by atoms with Gasteiger partial charge in [0.2, 0.25) is 0 Å². The Hall–Kier alpha value is -1.29. The maximum Gasteiger partial charge on any atom is 0.257 e. The molecule has 1 unspecified atom stereocenters. The molecule has 1 aromatic rings. The van der Waals surface area contributed by atoms with E-state index in [0.717, 1.165) is 32.4 Å².